The molecule has 1 fully saturated rings. The van der Waals surface area contributed by atoms with Gasteiger partial charge in [0.15, 0.2) is 0 Å². The molecule has 160 valence electrons. The zero-order valence-corrected chi connectivity index (χ0v) is 19.1. The van der Waals surface area contributed by atoms with E-state index >= 15 is 0 Å². The summed E-state index contributed by atoms with van der Waals surface area (Å²) in [6, 6.07) is 10.0. The molecule has 0 radical (unpaired) electrons. The maximum absolute atomic E-state index is 13.2. The van der Waals surface area contributed by atoms with Crippen LogP contribution >= 0.6 is 0 Å². The summed E-state index contributed by atoms with van der Waals surface area (Å²) in [6.07, 6.45) is 6.95. The molecular formula is C24H38BNO3. The quantitative estimate of drug-likeness (QED) is 0.531. The highest BCUT2D eigenvalue weighted by atomic mass is 16.7. The molecule has 4 nitrogen and oxygen atoms in total. The van der Waals surface area contributed by atoms with E-state index < -0.39 is 18.3 Å². The van der Waals surface area contributed by atoms with Gasteiger partial charge in [-0.25, -0.2) is 0 Å². The third-order valence-corrected chi connectivity index (χ3v) is 6.07. The summed E-state index contributed by atoms with van der Waals surface area (Å²) in [5.41, 5.74) is 1.24. The largest absolute Gasteiger partial charge is 0.491 e. The summed E-state index contributed by atoms with van der Waals surface area (Å²) >= 11 is 0. The number of amides is 1. The molecule has 1 aliphatic rings. The summed E-state index contributed by atoms with van der Waals surface area (Å²) in [5.74, 6) is -0.181. The van der Waals surface area contributed by atoms with Gasteiger partial charge in [0.05, 0.1) is 17.1 Å². The lowest BCUT2D eigenvalue weighted by Gasteiger charge is -2.32. The van der Waals surface area contributed by atoms with Gasteiger partial charge in [-0.1, -0.05) is 69.5 Å². The highest BCUT2D eigenvalue weighted by Gasteiger charge is 2.53. The zero-order chi connectivity index (χ0) is 21.5. The first-order valence-electron chi connectivity index (χ1n) is 11.1. The van der Waals surface area contributed by atoms with E-state index in [9.17, 15) is 4.79 Å². The molecule has 2 rings (SSSR count). The Labute approximate surface area is 177 Å². The maximum atomic E-state index is 13.2. The highest BCUT2D eigenvalue weighted by Crippen LogP contribution is 2.40. The van der Waals surface area contributed by atoms with E-state index in [4.69, 9.17) is 9.31 Å². The van der Waals surface area contributed by atoms with Crippen molar-refractivity contribution in [3.8, 4) is 0 Å². The molecule has 1 amide bonds. The van der Waals surface area contributed by atoms with E-state index in [1.165, 1.54) is 0 Å². The average Bonchev–Trinajstić information content (AvgIpc) is 2.90. The van der Waals surface area contributed by atoms with Crippen LogP contribution in [0.1, 0.15) is 79.2 Å². The summed E-state index contributed by atoms with van der Waals surface area (Å²) in [4.78, 5) is 13.2. The third kappa shape index (κ3) is 6.20. The van der Waals surface area contributed by atoms with Crippen molar-refractivity contribution in [3.63, 3.8) is 0 Å². The van der Waals surface area contributed by atoms with E-state index in [1.807, 2.05) is 30.3 Å². The number of benzene rings is 1. The lowest BCUT2D eigenvalue weighted by Crippen LogP contribution is -2.41. The maximum Gasteiger partial charge on any atom is 0.491 e. The molecule has 1 aromatic carbocycles. The van der Waals surface area contributed by atoms with E-state index in [-0.39, 0.29) is 11.8 Å². The number of rotatable bonds is 10. The number of carbonyl (C=O) groups is 1. The monoisotopic (exact) mass is 399 g/mol. The predicted octanol–water partition coefficient (Wildman–Crippen LogP) is 5.47. The molecule has 1 aromatic rings. The summed E-state index contributed by atoms with van der Waals surface area (Å²) in [5, 5.41) is 3.14. The Bertz CT molecular complexity index is 669. The van der Waals surface area contributed by atoms with Crippen LogP contribution in [-0.2, 0) is 20.6 Å². The van der Waals surface area contributed by atoms with Crippen molar-refractivity contribution in [3.05, 3.63) is 47.4 Å². The Morgan fingerprint density at radius 3 is 2.24 bits per heavy atom. The van der Waals surface area contributed by atoms with Gasteiger partial charge >= 0.3 is 7.12 Å². The van der Waals surface area contributed by atoms with E-state index in [0.717, 1.165) is 43.1 Å². The Morgan fingerprint density at radius 2 is 1.69 bits per heavy atom. The fourth-order valence-electron chi connectivity index (χ4n) is 3.46. The van der Waals surface area contributed by atoms with Gasteiger partial charge in [0.1, 0.15) is 0 Å². The molecule has 1 atom stereocenters. The second-order valence-electron chi connectivity index (χ2n) is 8.98. The molecule has 29 heavy (non-hydrogen) atoms. The number of hydrogen-bond acceptors (Lipinski definition) is 3. The molecule has 0 aromatic heterocycles. The third-order valence-electron chi connectivity index (χ3n) is 6.07. The van der Waals surface area contributed by atoms with E-state index in [2.05, 4.69) is 52.9 Å². The van der Waals surface area contributed by atoms with Crippen molar-refractivity contribution in [2.75, 3.05) is 0 Å². The van der Waals surface area contributed by atoms with Crippen LogP contribution in [0.2, 0.25) is 0 Å². The number of carbonyl (C=O) groups excluding carboxylic acids is 1. The van der Waals surface area contributed by atoms with Crippen molar-refractivity contribution in [2.24, 2.45) is 5.92 Å². The fraction of sp³-hybridized carbons (Fsp3) is 0.625. The summed E-state index contributed by atoms with van der Waals surface area (Å²) < 4.78 is 12.7. The van der Waals surface area contributed by atoms with Gasteiger partial charge in [-0.3, -0.25) is 4.79 Å². The Balaban J connectivity index is 2.23. The molecule has 5 heteroatoms. The zero-order valence-electron chi connectivity index (χ0n) is 19.1. The van der Waals surface area contributed by atoms with Crippen molar-refractivity contribution in [1.82, 2.24) is 5.32 Å². The second kappa shape index (κ2) is 10.4. The fourth-order valence-corrected chi connectivity index (χ4v) is 3.46. The normalized spacial score (nSPS) is 19.2. The lowest BCUT2D eigenvalue weighted by atomic mass is 9.68. The van der Waals surface area contributed by atoms with Crippen LogP contribution < -0.4 is 5.32 Å². The van der Waals surface area contributed by atoms with Crippen LogP contribution in [-0.4, -0.2) is 24.2 Å². The molecule has 0 aliphatic carbocycles. The molecule has 1 N–H and O–H groups in total. The van der Waals surface area contributed by atoms with Crippen molar-refractivity contribution in [2.45, 2.75) is 91.4 Å². The molecule has 1 saturated heterocycles. The highest BCUT2D eigenvalue weighted by molar-refractivity contribution is 6.55. The van der Waals surface area contributed by atoms with Crippen LogP contribution in [0.3, 0.4) is 0 Å². The molecular weight excluding hydrogens is 361 g/mol. The average molecular weight is 399 g/mol. The minimum Gasteiger partial charge on any atom is -0.400 e. The molecule has 0 spiro atoms. The van der Waals surface area contributed by atoms with Crippen LogP contribution in [0.25, 0.3) is 0 Å². The lowest BCUT2D eigenvalue weighted by molar-refractivity contribution is -0.124. The minimum absolute atomic E-state index is 0.0550. The van der Waals surface area contributed by atoms with Crippen molar-refractivity contribution < 1.29 is 14.1 Å². The van der Waals surface area contributed by atoms with Gasteiger partial charge in [0.2, 0.25) is 5.91 Å². The van der Waals surface area contributed by atoms with Crippen LogP contribution in [0.5, 0.6) is 0 Å². The van der Waals surface area contributed by atoms with Crippen LogP contribution in [0, 0.1) is 5.92 Å². The van der Waals surface area contributed by atoms with Crippen molar-refractivity contribution in [1.29, 1.82) is 0 Å². The number of hydrogen-bond donors (Lipinski definition) is 1. The SMILES string of the molecule is CCC/C=C(/B1OC(C)(C)C(C)(C)O1)C(CCCC)C(=O)NCc1ccccc1. The predicted molar refractivity (Wildman–Crippen MR) is 120 cm³/mol. The van der Waals surface area contributed by atoms with E-state index in [1.54, 1.807) is 0 Å². The van der Waals surface area contributed by atoms with Crippen LogP contribution in [0.15, 0.2) is 41.9 Å². The number of allylic oxidation sites excluding steroid dienone is 1. The molecule has 1 aliphatic heterocycles. The Morgan fingerprint density at radius 1 is 1.07 bits per heavy atom. The summed E-state index contributed by atoms with van der Waals surface area (Å²) in [7, 11) is -0.476. The topological polar surface area (TPSA) is 47.6 Å². The number of nitrogens with one attached hydrogen (secondary N) is 1. The summed E-state index contributed by atoms with van der Waals surface area (Å²) in [6.45, 7) is 13.1. The van der Waals surface area contributed by atoms with Gasteiger partial charge < -0.3 is 14.6 Å². The van der Waals surface area contributed by atoms with Gasteiger partial charge in [-0.15, -0.1) is 0 Å². The minimum atomic E-state index is -0.476. The smallest absolute Gasteiger partial charge is 0.400 e. The first-order chi connectivity index (χ1) is 13.7. The van der Waals surface area contributed by atoms with Crippen molar-refractivity contribution >= 4 is 13.0 Å². The Hall–Kier alpha value is -1.59. The van der Waals surface area contributed by atoms with Gasteiger partial charge in [0, 0.05) is 6.54 Å². The standard InChI is InChI=1S/C24H38BNO3/c1-7-9-16-20(22(27)26-18-19-14-12-11-13-15-19)21(17-10-8-2)25-28-23(3,4)24(5,6)29-25/h11-15,17,20H,7-10,16,18H2,1-6H3,(H,26,27)/b21-17+. The first kappa shape index (κ1) is 23.7. The molecule has 1 unspecified atom stereocenters. The van der Waals surface area contributed by atoms with E-state index in [0.29, 0.717) is 6.54 Å². The first-order valence-corrected chi connectivity index (χ1v) is 11.1. The van der Waals surface area contributed by atoms with Crippen LogP contribution in [0.4, 0.5) is 0 Å². The molecule has 0 bridgehead atoms. The van der Waals surface area contributed by atoms with Gasteiger partial charge in [-0.05, 0) is 51.6 Å². The molecule has 0 saturated carbocycles. The number of unbranched alkanes of at least 4 members (excludes halogenated alkanes) is 2. The van der Waals surface area contributed by atoms with Gasteiger partial charge in [-0.2, -0.15) is 0 Å². The van der Waals surface area contributed by atoms with Gasteiger partial charge in [0.25, 0.3) is 0 Å². The molecule has 1 heterocycles. The Kier molecular flexibility index (Phi) is 8.53. The second-order valence-corrected chi connectivity index (χ2v) is 8.98.